The monoisotopic (exact) mass is 272 g/mol. The number of hydrogen-bond acceptors (Lipinski definition) is 4. The van der Waals surface area contributed by atoms with Crippen LogP contribution in [0.3, 0.4) is 0 Å². The van der Waals surface area contributed by atoms with Crippen molar-refractivity contribution in [2.24, 2.45) is 5.92 Å². The van der Waals surface area contributed by atoms with E-state index in [4.69, 9.17) is 4.98 Å². The Morgan fingerprint density at radius 2 is 2.11 bits per heavy atom. The van der Waals surface area contributed by atoms with E-state index in [0.717, 1.165) is 34.5 Å². The molecule has 0 radical (unpaired) electrons. The van der Waals surface area contributed by atoms with E-state index in [1.807, 2.05) is 29.7 Å². The molecule has 0 amide bonds. The highest BCUT2D eigenvalue weighted by Crippen LogP contribution is 2.38. The summed E-state index contributed by atoms with van der Waals surface area (Å²) in [6, 6.07) is 0. The molecule has 0 N–H and O–H groups in total. The smallest absolute Gasteiger partial charge is 0.168 e. The molecule has 0 saturated carbocycles. The first-order valence-corrected chi connectivity index (χ1v) is 7.59. The van der Waals surface area contributed by atoms with Crippen molar-refractivity contribution < 1.29 is 0 Å². The number of nitrogens with zero attached hydrogens (tertiary/aromatic N) is 4. The molecule has 0 aliphatic heterocycles. The van der Waals surface area contributed by atoms with Gasteiger partial charge in [-0.05, 0) is 44.6 Å². The molecule has 5 heteroatoms. The quantitative estimate of drug-likeness (QED) is 0.631. The molecule has 1 atom stereocenters. The lowest BCUT2D eigenvalue weighted by Crippen LogP contribution is -2.09. The maximum atomic E-state index is 4.73. The maximum absolute atomic E-state index is 4.73. The summed E-state index contributed by atoms with van der Waals surface area (Å²) in [5, 5.41) is 5.71. The van der Waals surface area contributed by atoms with Crippen LogP contribution in [0.4, 0.5) is 0 Å². The Kier molecular flexibility index (Phi) is 2.24. The van der Waals surface area contributed by atoms with Gasteiger partial charge in [0.15, 0.2) is 5.65 Å². The van der Waals surface area contributed by atoms with Crippen LogP contribution in [0, 0.1) is 19.8 Å². The standard InChI is InChI=1S/C14H16N4S/c1-7-4-5-11-10(6-7)12-13-15-8(2)17-18(13)9(3)16-14(12)19-11/h7H,4-6H2,1-3H3/t7-/m0/s1. The third-order valence-electron chi connectivity index (χ3n) is 4.00. The first-order chi connectivity index (χ1) is 9.13. The van der Waals surface area contributed by atoms with Gasteiger partial charge in [0, 0.05) is 4.88 Å². The number of rotatable bonds is 0. The van der Waals surface area contributed by atoms with Gasteiger partial charge in [-0.2, -0.15) is 4.52 Å². The highest BCUT2D eigenvalue weighted by molar-refractivity contribution is 7.19. The van der Waals surface area contributed by atoms with Crippen molar-refractivity contribution in [2.75, 3.05) is 0 Å². The second-order valence-corrected chi connectivity index (χ2v) is 6.67. The number of aromatic nitrogens is 4. The van der Waals surface area contributed by atoms with Crippen molar-refractivity contribution in [3.05, 3.63) is 22.1 Å². The van der Waals surface area contributed by atoms with Gasteiger partial charge in [-0.1, -0.05) is 6.92 Å². The summed E-state index contributed by atoms with van der Waals surface area (Å²) in [4.78, 5) is 12.0. The summed E-state index contributed by atoms with van der Waals surface area (Å²) in [5.74, 6) is 2.51. The summed E-state index contributed by atoms with van der Waals surface area (Å²) in [7, 11) is 0. The minimum Gasteiger partial charge on any atom is -0.222 e. The van der Waals surface area contributed by atoms with Crippen LogP contribution in [-0.2, 0) is 12.8 Å². The van der Waals surface area contributed by atoms with Crippen molar-refractivity contribution in [1.82, 2.24) is 19.6 Å². The van der Waals surface area contributed by atoms with Gasteiger partial charge in [0.2, 0.25) is 0 Å². The van der Waals surface area contributed by atoms with Gasteiger partial charge >= 0.3 is 0 Å². The molecular formula is C14H16N4S. The maximum Gasteiger partial charge on any atom is 0.168 e. The summed E-state index contributed by atoms with van der Waals surface area (Å²) in [6.07, 6.45) is 3.64. The molecule has 1 aliphatic carbocycles. The van der Waals surface area contributed by atoms with Crippen LogP contribution in [0.15, 0.2) is 0 Å². The molecule has 4 rings (SSSR count). The fraction of sp³-hybridized carbons (Fsp3) is 0.500. The predicted octanol–water partition coefficient (Wildman–Crippen LogP) is 3.08. The molecule has 0 saturated heterocycles. The molecule has 3 aromatic rings. The Balaban J connectivity index is 2.16. The fourth-order valence-corrected chi connectivity index (χ4v) is 4.31. The van der Waals surface area contributed by atoms with Gasteiger partial charge in [0.05, 0.1) is 5.39 Å². The average Bonchev–Trinajstić information content (AvgIpc) is 2.89. The molecule has 4 nitrogen and oxygen atoms in total. The lowest BCUT2D eigenvalue weighted by molar-refractivity contribution is 0.508. The SMILES string of the molecule is Cc1nc2c3c4c(sc3nc(C)n2n1)CC[C@H](C)C4. The van der Waals surface area contributed by atoms with Crippen LogP contribution >= 0.6 is 11.3 Å². The number of thiophene rings is 1. The summed E-state index contributed by atoms with van der Waals surface area (Å²) in [6.45, 7) is 6.28. The minimum absolute atomic E-state index is 0.760. The molecule has 0 fully saturated rings. The van der Waals surface area contributed by atoms with Crippen LogP contribution in [0.25, 0.3) is 15.9 Å². The zero-order valence-corrected chi connectivity index (χ0v) is 12.2. The third kappa shape index (κ3) is 1.54. The van der Waals surface area contributed by atoms with Gasteiger partial charge in [0.1, 0.15) is 16.5 Å². The lowest BCUT2D eigenvalue weighted by atomic mass is 9.89. The van der Waals surface area contributed by atoms with Crippen LogP contribution in [0.2, 0.25) is 0 Å². The zero-order chi connectivity index (χ0) is 13.1. The van der Waals surface area contributed by atoms with E-state index in [0.29, 0.717) is 0 Å². The summed E-state index contributed by atoms with van der Waals surface area (Å²) in [5.41, 5.74) is 2.47. The van der Waals surface area contributed by atoms with Crippen LogP contribution in [0.5, 0.6) is 0 Å². The van der Waals surface area contributed by atoms with Gasteiger partial charge in [-0.15, -0.1) is 16.4 Å². The molecular weight excluding hydrogens is 256 g/mol. The molecule has 0 spiro atoms. The first kappa shape index (κ1) is 11.3. The van der Waals surface area contributed by atoms with Gasteiger partial charge in [-0.25, -0.2) is 9.97 Å². The van der Waals surface area contributed by atoms with E-state index in [9.17, 15) is 0 Å². The summed E-state index contributed by atoms with van der Waals surface area (Å²) >= 11 is 1.85. The molecule has 1 aliphatic rings. The van der Waals surface area contributed by atoms with Gasteiger partial charge in [0.25, 0.3) is 0 Å². The van der Waals surface area contributed by atoms with Crippen molar-refractivity contribution in [3.8, 4) is 0 Å². The zero-order valence-electron chi connectivity index (χ0n) is 11.4. The van der Waals surface area contributed by atoms with E-state index in [1.165, 1.54) is 28.7 Å². The van der Waals surface area contributed by atoms with Gasteiger partial charge < -0.3 is 0 Å². The van der Waals surface area contributed by atoms with E-state index in [-0.39, 0.29) is 0 Å². The van der Waals surface area contributed by atoms with E-state index in [1.54, 1.807) is 0 Å². The third-order valence-corrected chi connectivity index (χ3v) is 5.18. The number of hydrogen-bond donors (Lipinski definition) is 0. The largest absolute Gasteiger partial charge is 0.222 e. The molecule has 98 valence electrons. The van der Waals surface area contributed by atoms with Crippen molar-refractivity contribution in [3.63, 3.8) is 0 Å². The number of fused-ring (bicyclic) bond motifs is 5. The molecule has 0 unspecified atom stereocenters. The normalized spacial score (nSPS) is 19.2. The van der Waals surface area contributed by atoms with E-state index in [2.05, 4.69) is 17.0 Å². The number of aryl methyl sites for hydroxylation is 3. The molecule has 3 aromatic heterocycles. The highest BCUT2D eigenvalue weighted by Gasteiger charge is 2.24. The van der Waals surface area contributed by atoms with Gasteiger partial charge in [-0.3, -0.25) is 0 Å². The predicted molar refractivity (Wildman–Crippen MR) is 76.8 cm³/mol. The fourth-order valence-electron chi connectivity index (χ4n) is 3.05. The Morgan fingerprint density at radius 1 is 1.26 bits per heavy atom. The minimum atomic E-state index is 0.760. The van der Waals surface area contributed by atoms with E-state index < -0.39 is 0 Å². The van der Waals surface area contributed by atoms with Crippen LogP contribution in [0.1, 0.15) is 35.4 Å². The van der Waals surface area contributed by atoms with Crippen molar-refractivity contribution in [2.45, 2.75) is 40.0 Å². The average molecular weight is 272 g/mol. The first-order valence-electron chi connectivity index (χ1n) is 6.77. The van der Waals surface area contributed by atoms with Crippen LogP contribution in [-0.4, -0.2) is 19.6 Å². The van der Waals surface area contributed by atoms with Crippen molar-refractivity contribution >= 4 is 27.2 Å². The Labute approximate surface area is 115 Å². The second-order valence-electron chi connectivity index (χ2n) is 5.59. The van der Waals surface area contributed by atoms with Crippen molar-refractivity contribution in [1.29, 1.82) is 0 Å². The Hall–Kier alpha value is -1.49. The second kappa shape index (κ2) is 3.76. The highest BCUT2D eigenvalue weighted by atomic mass is 32.1. The summed E-state index contributed by atoms with van der Waals surface area (Å²) < 4.78 is 1.89. The molecule has 0 aromatic carbocycles. The van der Waals surface area contributed by atoms with E-state index >= 15 is 0 Å². The van der Waals surface area contributed by atoms with Crippen LogP contribution < -0.4 is 0 Å². The Bertz CT molecular complexity index is 799. The topological polar surface area (TPSA) is 43.1 Å². The molecule has 0 bridgehead atoms. The lowest BCUT2D eigenvalue weighted by Gasteiger charge is -2.17. The Morgan fingerprint density at radius 3 is 2.95 bits per heavy atom. The molecule has 19 heavy (non-hydrogen) atoms. The molecule has 3 heterocycles.